The number of nitrogens with zero attached hydrogens (tertiary/aromatic N) is 2. The zero-order valence-electron chi connectivity index (χ0n) is 15.1. The van der Waals surface area contributed by atoms with E-state index in [9.17, 15) is 4.79 Å². The van der Waals surface area contributed by atoms with Crippen molar-refractivity contribution in [2.75, 3.05) is 0 Å². The molecule has 1 aliphatic rings. The van der Waals surface area contributed by atoms with E-state index in [4.69, 9.17) is 39.5 Å². The quantitative estimate of drug-likeness (QED) is 0.461. The Balaban J connectivity index is 2.12. The Morgan fingerprint density at radius 1 is 1.21 bits per heavy atom. The van der Waals surface area contributed by atoms with Gasteiger partial charge < -0.3 is 10.1 Å². The number of aromatic nitrogens is 1. The number of halogens is 3. The summed E-state index contributed by atoms with van der Waals surface area (Å²) < 4.78 is 5.52. The predicted octanol–water partition coefficient (Wildman–Crippen LogP) is 5.74. The highest BCUT2D eigenvalue weighted by atomic mass is 35.5. The minimum atomic E-state index is -0.529. The Kier molecular flexibility index (Phi) is 6.94. The molecule has 1 atom stereocenters. The van der Waals surface area contributed by atoms with Crippen LogP contribution in [-0.2, 0) is 4.79 Å². The molecule has 5 nitrogen and oxygen atoms in total. The third-order valence-electron chi connectivity index (χ3n) is 4.13. The lowest BCUT2D eigenvalue weighted by atomic mass is 9.98. The molecule has 28 heavy (non-hydrogen) atoms. The second-order valence-electron chi connectivity index (χ2n) is 6.09. The Hall–Kier alpha value is -2.08. The van der Waals surface area contributed by atoms with E-state index in [-0.39, 0.29) is 12.4 Å². The van der Waals surface area contributed by atoms with Gasteiger partial charge in [0.05, 0.1) is 16.1 Å². The number of nitrogens with one attached hydrogen (secondary N) is 1. The highest BCUT2D eigenvalue weighted by Gasteiger charge is 2.25. The summed E-state index contributed by atoms with van der Waals surface area (Å²) in [7, 11) is 0. The van der Waals surface area contributed by atoms with Crippen LogP contribution in [0.25, 0.3) is 0 Å². The average molecular weight is 439 g/mol. The van der Waals surface area contributed by atoms with Gasteiger partial charge in [0.15, 0.2) is 0 Å². The maximum Gasteiger partial charge on any atom is 0.310 e. The number of pyridine rings is 1. The standard InChI is InChI=1S/C20H18Cl3N3O2/c1-2-18(27)28-16-7-6-12(21)9-13(16)20(26-17-5-3-4-8-25-17)14-10-24-11-15(22)19(14)23/h5-11,20,26H,2-4H2,1H3. The summed E-state index contributed by atoms with van der Waals surface area (Å²) in [5, 5.41) is 4.51. The zero-order valence-corrected chi connectivity index (χ0v) is 17.4. The summed E-state index contributed by atoms with van der Waals surface area (Å²) in [6, 6.07) is 4.51. The van der Waals surface area contributed by atoms with E-state index in [1.165, 1.54) is 6.20 Å². The summed E-state index contributed by atoms with van der Waals surface area (Å²) in [5.74, 6) is 0.706. The third-order valence-corrected chi connectivity index (χ3v) is 5.17. The molecule has 146 valence electrons. The molecule has 0 amide bonds. The van der Waals surface area contributed by atoms with Crippen molar-refractivity contribution in [2.45, 2.75) is 32.2 Å². The highest BCUT2D eigenvalue weighted by Crippen LogP contribution is 2.38. The molecule has 0 radical (unpaired) electrons. The average Bonchev–Trinajstić information content (AvgIpc) is 2.70. The molecule has 2 heterocycles. The fourth-order valence-corrected chi connectivity index (χ4v) is 3.30. The SMILES string of the molecule is CCC(=O)Oc1ccc(Cl)cc1C(NC1=CCCC=N1)c1cncc(Cl)c1Cl. The van der Waals surface area contributed by atoms with Gasteiger partial charge in [0.1, 0.15) is 11.6 Å². The lowest BCUT2D eigenvalue weighted by molar-refractivity contribution is -0.134. The monoisotopic (exact) mass is 437 g/mol. The Labute approximate surface area is 178 Å². The summed E-state index contributed by atoms with van der Waals surface area (Å²) in [5.41, 5.74) is 1.24. The first-order valence-corrected chi connectivity index (χ1v) is 9.91. The first-order chi connectivity index (χ1) is 13.5. The minimum absolute atomic E-state index is 0.245. The van der Waals surface area contributed by atoms with Gasteiger partial charge in [-0.05, 0) is 37.1 Å². The van der Waals surface area contributed by atoms with E-state index < -0.39 is 6.04 Å². The lowest BCUT2D eigenvalue weighted by Gasteiger charge is -2.25. The van der Waals surface area contributed by atoms with E-state index in [1.807, 2.05) is 12.3 Å². The van der Waals surface area contributed by atoms with Crippen molar-refractivity contribution in [3.8, 4) is 5.75 Å². The molecule has 0 fully saturated rings. The first kappa shape index (κ1) is 20.6. The molecule has 1 aliphatic heterocycles. The predicted molar refractivity (Wildman–Crippen MR) is 112 cm³/mol. The number of esters is 1. The van der Waals surface area contributed by atoms with Crippen LogP contribution in [0.3, 0.4) is 0 Å². The molecule has 0 spiro atoms. The van der Waals surface area contributed by atoms with Gasteiger partial charge in [-0.1, -0.05) is 41.7 Å². The topological polar surface area (TPSA) is 63.6 Å². The number of hydrogen-bond donors (Lipinski definition) is 1. The number of aliphatic imine (C=N–C) groups is 1. The van der Waals surface area contributed by atoms with Crippen LogP contribution in [0.4, 0.5) is 0 Å². The zero-order chi connectivity index (χ0) is 20.1. The number of benzene rings is 1. The van der Waals surface area contributed by atoms with Crippen molar-refractivity contribution in [1.29, 1.82) is 0 Å². The summed E-state index contributed by atoms with van der Waals surface area (Å²) in [6.07, 6.45) is 8.91. The van der Waals surface area contributed by atoms with Crippen LogP contribution in [0.2, 0.25) is 15.1 Å². The molecule has 8 heteroatoms. The van der Waals surface area contributed by atoms with Crippen molar-refractivity contribution in [2.24, 2.45) is 4.99 Å². The molecular formula is C20H18Cl3N3O2. The Morgan fingerprint density at radius 3 is 2.75 bits per heavy atom. The molecule has 1 unspecified atom stereocenters. The smallest absolute Gasteiger partial charge is 0.310 e. The lowest BCUT2D eigenvalue weighted by Crippen LogP contribution is -2.24. The van der Waals surface area contributed by atoms with E-state index in [2.05, 4.69) is 15.3 Å². The van der Waals surface area contributed by atoms with Gasteiger partial charge in [0.25, 0.3) is 0 Å². The van der Waals surface area contributed by atoms with Crippen molar-refractivity contribution in [3.05, 3.63) is 68.7 Å². The van der Waals surface area contributed by atoms with Crippen LogP contribution in [-0.4, -0.2) is 17.2 Å². The molecule has 1 N–H and O–H groups in total. The van der Waals surface area contributed by atoms with Gasteiger partial charge in [0, 0.05) is 41.2 Å². The number of allylic oxidation sites excluding steroid dienone is 1. The largest absolute Gasteiger partial charge is 0.426 e. The molecule has 0 aliphatic carbocycles. The second kappa shape index (κ2) is 9.41. The van der Waals surface area contributed by atoms with Crippen LogP contribution >= 0.6 is 34.8 Å². The number of carbonyl (C=O) groups excluding carboxylic acids is 1. The van der Waals surface area contributed by atoms with Gasteiger partial charge in [-0.15, -0.1) is 0 Å². The maximum absolute atomic E-state index is 11.9. The van der Waals surface area contributed by atoms with Gasteiger partial charge in [-0.25, -0.2) is 4.99 Å². The fraction of sp³-hybridized carbons (Fsp3) is 0.250. The molecule has 2 aromatic rings. The second-order valence-corrected chi connectivity index (χ2v) is 7.31. The van der Waals surface area contributed by atoms with Gasteiger partial charge in [-0.2, -0.15) is 0 Å². The van der Waals surface area contributed by atoms with Crippen molar-refractivity contribution in [1.82, 2.24) is 10.3 Å². The fourth-order valence-electron chi connectivity index (χ4n) is 2.75. The van der Waals surface area contributed by atoms with E-state index in [0.29, 0.717) is 37.8 Å². The Bertz CT molecular complexity index is 944. The van der Waals surface area contributed by atoms with Crippen LogP contribution < -0.4 is 10.1 Å². The minimum Gasteiger partial charge on any atom is -0.426 e. The number of ether oxygens (including phenoxy) is 1. The molecular weight excluding hydrogens is 421 g/mol. The molecule has 0 saturated carbocycles. The number of hydrogen-bond acceptors (Lipinski definition) is 5. The van der Waals surface area contributed by atoms with Crippen molar-refractivity contribution >= 4 is 47.0 Å². The summed E-state index contributed by atoms with van der Waals surface area (Å²) >= 11 is 18.9. The number of rotatable bonds is 6. The maximum atomic E-state index is 11.9. The molecule has 1 aromatic heterocycles. The Morgan fingerprint density at radius 2 is 2.04 bits per heavy atom. The molecule has 0 saturated heterocycles. The van der Waals surface area contributed by atoms with E-state index in [0.717, 1.165) is 12.8 Å². The molecule has 3 rings (SSSR count). The van der Waals surface area contributed by atoms with Crippen molar-refractivity contribution in [3.63, 3.8) is 0 Å². The van der Waals surface area contributed by atoms with Crippen LogP contribution in [0.5, 0.6) is 5.75 Å². The normalized spacial score (nSPS) is 14.4. The third kappa shape index (κ3) is 4.85. The van der Waals surface area contributed by atoms with Crippen molar-refractivity contribution < 1.29 is 9.53 Å². The van der Waals surface area contributed by atoms with E-state index in [1.54, 1.807) is 31.3 Å². The van der Waals surface area contributed by atoms with Crippen LogP contribution in [0, 0.1) is 0 Å². The number of carbonyl (C=O) groups is 1. The summed E-state index contributed by atoms with van der Waals surface area (Å²) in [6.45, 7) is 1.73. The van der Waals surface area contributed by atoms with Crippen LogP contribution in [0.1, 0.15) is 43.4 Å². The summed E-state index contributed by atoms with van der Waals surface area (Å²) in [4.78, 5) is 20.5. The molecule has 1 aromatic carbocycles. The first-order valence-electron chi connectivity index (χ1n) is 8.77. The van der Waals surface area contributed by atoms with Gasteiger partial charge in [0.2, 0.25) is 0 Å². The van der Waals surface area contributed by atoms with E-state index >= 15 is 0 Å². The van der Waals surface area contributed by atoms with Gasteiger partial charge >= 0.3 is 5.97 Å². The van der Waals surface area contributed by atoms with Crippen LogP contribution in [0.15, 0.2) is 47.5 Å². The molecule has 0 bridgehead atoms. The van der Waals surface area contributed by atoms with Gasteiger partial charge in [-0.3, -0.25) is 9.78 Å². The highest BCUT2D eigenvalue weighted by molar-refractivity contribution is 6.42.